The lowest BCUT2D eigenvalue weighted by atomic mass is 9.79. The Balaban J connectivity index is 2.34. The highest BCUT2D eigenvalue weighted by atomic mass is 14.9. The van der Waals surface area contributed by atoms with E-state index >= 15 is 0 Å². The molecule has 1 aliphatic rings. The summed E-state index contributed by atoms with van der Waals surface area (Å²) in [6.45, 7) is 8.26. The molecular weight excluding hydrogens is 134 g/mol. The summed E-state index contributed by atoms with van der Waals surface area (Å²) < 4.78 is 0. The molecule has 0 spiro atoms. The van der Waals surface area contributed by atoms with Crippen molar-refractivity contribution in [2.75, 3.05) is 6.54 Å². The molecule has 1 rings (SSSR count). The molecule has 0 aliphatic carbocycles. The van der Waals surface area contributed by atoms with Crippen molar-refractivity contribution >= 4 is 0 Å². The lowest BCUT2D eigenvalue weighted by Gasteiger charge is -2.36. The van der Waals surface area contributed by atoms with Gasteiger partial charge in [0.1, 0.15) is 0 Å². The molecule has 0 aromatic heterocycles. The Bertz CT molecular complexity index is 116. The molecule has 1 nitrogen and oxygen atoms in total. The van der Waals surface area contributed by atoms with Crippen LogP contribution in [-0.4, -0.2) is 12.6 Å². The Morgan fingerprint density at radius 2 is 2.18 bits per heavy atom. The highest BCUT2D eigenvalue weighted by Gasteiger charge is 2.26. The van der Waals surface area contributed by atoms with Crippen LogP contribution in [0.4, 0.5) is 0 Å². The lowest BCUT2D eigenvalue weighted by molar-refractivity contribution is 0.202. The minimum Gasteiger partial charge on any atom is -0.314 e. The van der Waals surface area contributed by atoms with Gasteiger partial charge in [0.05, 0.1) is 0 Å². The summed E-state index contributed by atoms with van der Waals surface area (Å²) >= 11 is 0. The van der Waals surface area contributed by atoms with Crippen LogP contribution in [0.3, 0.4) is 0 Å². The smallest absolute Gasteiger partial charge is 0.00720 e. The largest absolute Gasteiger partial charge is 0.314 e. The van der Waals surface area contributed by atoms with Crippen LogP contribution in [0.15, 0.2) is 0 Å². The first-order chi connectivity index (χ1) is 5.14. The third-order valence-corrected chi connectivity index (χ3v) is 2.67. The van der Waals surface area contributed by atoms with Gasteiger partial charge >= 0.3 is 0 Å². The van der Waals surface area contributed by atoms with E-state index in [1.54, 1.807) is 0 Å². The van der Waals surface area contributed by atoms with E-state index in [4.69, 9.17) is 0 Å². The second-order valence-corrected chi connectivity index (χ2v) is 4.56. The van der Waals surface area contributed by atoms with E-state index < -0.39 is 0 Å². The van der Waals surface area contributed by atoms with Gasteiger partial charge in [0, 0.05) is 6.04 Å². The van der Waals surface area contributed by atoms with Gasteiger partial charge in [0.25, 0.3) is 0 Å². The second kappa shape index (κ2) is 3.57. The third-order valence-electron chi connectivity index (χ3n) is 2.67. The first kappa shape index (κ1) is 9.05. The van der Waals surface area contributed by atoms with Crippen molar-refractivity contribution in [3.05, 3.63) is 0 Å². The molecular formula is C10H21N. The lowest BCUT2D eigenvalue weighted by Crippen LogP contribution is -2.41. The molecule has 1 unspecified atom stereocenters. The molecule has 1 fully saturated rings. The first-order valence-electron chi connectivity index (χ1n) is 4.87. The fraction of sp³-hybridized carbons (Fsp3) is 1.00. The first-order valence-corrected chi connectivity index (χ1v) is 4.87. The van der Waals surface area contributed by atoms with E-state index in [-0.39, 0.29) is 0 Å². The standard InChI is InChI=1S/C10H21N/c1-4-5-9-8-10(2,3)6-7-11-9/h9,11H,4-8H2,1-3H3. The predicted octanol–water partition coefficient (Wildman–Crippen LogP) is 2.56. The van der Waals surface area contributed by atoms with E-state index in [0.29, 0.717) is 5.41 Å². The molecule has 0 aromatic rings. The normalized spacial score (nSPS) is 30.3. The maximum atomic E-state index is 3.58. The number of nitrogens with one attached hydrogen (secondary N) is 1. The summed E-state index contributed by atoms with van der Waals surface area (Å²) in [6.07, 6.45) is 5.37. The molecule has 1 aliphatic heterocycles. The molecule has 0 amide bonds. The van der Waals surface area contributed by atoms with Crippen molar-refractivity contribution in [3.8, 4) is 0 Å². The molecule has 1 saturated heterocycles. The van der Waals surface area contributed by atoms with Crippen molar-refractivity contribution < 1.29 is 0 Å². The predicted molar refractivity (Wildman–Crippen MR) is 49.7 cm³/mol. The number of hydrogen-bond donors (Lipinski definition) is 1. The molecule has 11 heavy (non-hydrogen) atoms. The van der Waals surface area contributed by atoms with E-state index in [1.807, 2.05) is 0 Å². The van der Waals surface area contributed by atoms with Gasteiger partial charge in [-0.15, -0.1) is 0 Å². The van der Waals surface area contributed by atoms with Gasteiger partial charge in [-0.3, -0.25) is 0 Å². The maximum Gasteiger partial charge on any atom is 0.00720 e. The summed E-state index contributed by atoms with van der Waals surface area (Å²) in [4.78, 5) is 0. The summed E-state index contributed by atoms with van der Waals surface area (Å²) in [5.41, 5.74) is 0.588. The van der Waals surface area contributed by atoms with Crippen molar-refractivity contribution in [2.45, 2.75) is 52.5 Å². The van der Waals surface area contributed by atoms with Crippen molar-refractivity contribution in [3.63, 3.8) is 0 Å². The van der Waals surface area contributed by atoms with E-state index in [1.165, 1.54) is 32.2 Å². The second-order valence-electron chi connectivity index (χ2n) is 4.56. The van der Waals surface area contributed by atoms with Crippen molar-refractivity contribution in [2.24, 2.45) is 5.41 Å². The fourth-order valence-electron chi connectivity index (χ4n) is 2.01. The van der Waals surface area contributed by atoms with Crippen LogP contribution in [0, 0.1) is 5.41 Å². The van der Waals surface area contributed by atoms with Crippen LogP contribution >= 0.6 is 0 Å². The Morgan fingerprint density at radius 1 is 1.45 bits per heavy atom. The molecule has 1 atom stereocenters. The monoisotopic (exact) mass is 155 g/mol. The fourth-order valence-corrected chi connectivity index (χ4v) is 2.01. The Morgan fingerprint density at radius 3 is 2.73 bits per heavy atom. The Hall–Kier alpha value is -0.0400. The summed E-state index contributed by atoms with van der Waals surface area (Å²) in [5.74, 6) is 0. The molecule has 1 heterocycles. The van der Waals surface area contributed by atoms with Gasteiger partial charge in [-0.2, -0.15) is 0 Å². The molecule has 66 valence electrons. The van der Waals surface area contributed by atoms with E-state index in [0.717, 1.165) is 6.04 Å². The molecule has 0 aromatic carbocycles. The quantitative estimate of drug-likeness (QED) is 0.646. The maximum absolute atomic E-state index is 3.58. The average molecular weight is 155 g/mol. The number of hydrogen-bond acceptors (Lipinski definition) is 1. The molecule has 0 bridgehead atoms. The summed E-state index contributed by atoms with van der Waals surface area (Å²) in [6, 6.07) is 0.795. The van der Waals surface area contributed by atoms with Gasteiger partial charge in [-0.05, 0) is 31.2 Å². The van der Waals surface area contributed by atoms with Crippen molar-refractivity contribution in [1.82, 2.24) is 5.32 Å². The number of piperidine rings is 1. The summed E-state index contributed by atoms with van der Waals surface area (Å²) in [5, 5.41) is 3.58. The van der Waals surface area contributed by atoms with Gasteiger partial charge in [-0.25, -0.2) is 0 Å². The van der Waals surface area contributed by atoms with Crippen LogP contribution in [-0.2, 0) is 0 Å². The highest BCUT2D eigenvalue weighted by molar-refractivity contribution is 4.83. The van der Waals surface area contributed by atoms with E-state index in [9.17, 15) is 0 Å². The zero-order valence-corrected chi connectivity index (χ0v) is 8.11. The zero-order chi connectivity index (χ0) is 8.32. The van der Waals surface area contributed by atoms with Crippen LogP contribution in [0.1, 0.15) is 46.5 Å². The molecule has 1 N–H and O–H groups in total. The topological polar surface area (TPSA) is 12.0 Å². The third kappa shape index (κ3) is 2.82. The van der Waals surface area contributed by atoms with Gasteiger partial charge < -0.3 is 5.32 Å². The van der Waals surface area contributed by atoms with Crippen LogP contribution in [0.5, 0.6) is 0 Å². The Kier molecular flexibility index (Phi) is 2.94. The van der Waals surface area contributed by atoms with E-state index in [2.05, 4.69) is 26.1 Å². The van der Waals surface area contributed by atoms with Crippen LogP contribution in [0.2, 0.25) is 0 Å². The van der Waals surface area contributed by atoms with Crippen molar-refractivity contribution in [1.29, 1.82) is 0 Å². The average Bonchev–Trinajstić information content (AvgIpc) is 1.85. The van der Waals surface area contributed by atoms with Gasteiger partial charge in [-0.1, -0.05) is 27.2 Å². The highest BCUT2D eigenvalue weighted by Crippen LogP contribution is 2.30. The van der Waals surface area contributed by atoms with Gasteiger partial charge in [0.15, 0.2) is 0 Å². The minimum atomic E-state index is 0.588. The Labute approximate surface area is 70.6 Å². The minimum absolute atomic E-state index is 0.588. The molecule has 0 saturated carbocycles. The number of rotatable bonds is 2. The SMILES string of the molecule is CCCC1CC(C)(C)CCN1. The van der Waals surface area contributed by atoms with Crippen LogP contribution in [0.25, 0.3) is 0 Å². The molecule has 0 radical (unpaired) electrons. The zero-order valence-electron chi connectivity index (χ0n) is 8.11. The van der Waals surface area contributed by atoms with Gasteiger partial charge in [0.2, 0.25) is 0 Å². The molecule has 1 heteroatoms. The summed E-state index contributed by atoms with van der Waals surface area (Å²) in [7, 11) is 0. The van der Waals surface area contributed by atoms with Crippen LogP contribution < -0.4 is 5.32 Å².